The first-order valence-corrected chi connectivity index (χ1v) is 6.92. The molecule has 2 aromatic rings. The van der Waals surface area contributed by atoms with Crippen LogP contribution in [-0.4, -0.2) is 13.0 Å². The van der Waals surface area contributed by atoms with Crippen LogP contribution in [0.25, 0.3) is 0 Å². The van der Waals surface area contributed by atoms with Gasteiger partial charge in [-0.2, -0.15) is 0 Å². The quantitative estimate of drug-likeness (QED) is 0.846. The van der Waals surface area contributed by atoms with Crippen LogP contribution >= 0.6 is 23.2 Å². The molecular formula is C15H14Cl2N2O2. The number of carbonyl (C=O) groups is 1. The van der Waals surface area contributed by atoms with Gasteiger partial charge in [0.2, 0.25) is 0 Å². The number of methoxy groups -OCH3 is 1. The van der Waals surface area contributed by atoms with Crippen LogP contribution in [0.3, 0.4) is 0 Å². The van der Waals surface area contributed by atoms with Crippen LogP contribution in [0.4, 0.5) is 5.69 Å². The number of ether oxygens (including phenoxy) is 1. The van der Waals surface area contributed by atoms with Gasteiger partial charge in [-0.15, -0.1) is 0 Å². The fourth-order valence-electron chi connectivity index (χ4n) is 1.92. The first-order chi connectivity index (χ1) is 10.0. The molecule has 0 aromatic heterocycles. The van der Waals surface area contributed by atoms with Crippen molar-refractivity contribution in [3.8, 4) is 5.75 Å². The van der Waals surface area contributed by atoms with Gasteiger partial charge in [0.15, 0.2) is 0 Å². The zero-order valence-electron chi connectivity index (χ0n) is 11.3. The molecule has 6 heteroatoms. The molecule has 0 saturated heterocycles. The summed E-state index contributed by atoms with van der Waals surface area (Å²) in [5, 5.41) is 3.71. The van der Waals surface area contributed by atoms with E-state index in [-0.39, 0.29) is 12.5 Å². The van der Waals surface area contributed by atoms with E-state index in [9.17, 15) is 4.79 Å². The molecule has 4 nitrogen and oxygen atoms in total. The Kier molecular flexibility index (Phi) is 4.94. The van der Waals surface area contributed by atoms with Crippen molar-refractivity contribution in [1.82, 2.24) is 5.32 Å². The van der Waals surface area contributed by atoms with E-state index in [0.29, 0.717) is 32.6 Å². The Hall–Kier alpha value is -1.91. The number of hydrogen-bond donors (Lipinski definition) is 2. The zero-order chi connectivity index (χ0) is 15.4. The molecule has 0 spiro atoms. The molecule has 3 N–H and O–H groups in total. The van der Waals surface area contributed by atoms with Crippen molar-refractivity contribution in [3.05, 3.63) is 57.6 Å². The van der Waals surface area contributed by atoms with Crippen LogP contribution < -0.4 is 15.8 Å². The van der Waals surface area contributed by atoms with Gasteiger partial charge in [0.1, 0.15) is 5.75 Å². The fraction of sp³-hybridized carbons (Fsp3) is 0.133. The lowest BCUT2D eigenvalue weighted by atomic mass is 10.1. The number of rotatable bonds is 4. The second-order valence-corrected chi connectivity index (χ2v) is 5.22. The van der Waals surface area contributed by atoms with Gasteiger partial charge >= 0.3 is 0 Å². The van der Waals surface area contributed by atoms with E-state index in [1.807, 2.05) is 0 Å². The normalized spacial score (nSPS) is 10.2. The number of amides is 1. The highest BCUT2D eigenvalue weighted by Crippen LogP contribution is 2.26. The summed E-state index contributed by atoms with van der Waals surface area (Å²) in [6.45, 7) is 0.244. The topological polar surface area (TPSA) is 64.3 Å². The average molecular weight is 325 g/mol. The maximum atomic E-state index is 12.1. The lowest BCUT2D eigenvalue weighted by molar-refractivity contribution is 0.0950. The Morgan fingerprint density at radius 3 is 2.71 bits per heavy atom. The van der Waals surface area contributed by atoms with Crippen molar-refractivity contribution in [2.75, 3.05) is 12.8 Å². The van der Waals surface area contributed by atoms with E-state index in [0.717, 1.165) is 0 Å². The molecule has 2 aromatic carbocycles. The van der Waals surface area contributed by atoms with E-state index in [1.165, 1.54) is 0 Å². The average Bonchev–Trinajstić information content (AvgIpc) is 2.44. The van der Waals surface area contributed by atoms with Gasteiger partial charge < -0.3 is 15.8 Å². The monoisotopic (exact) mass is 324 g/mol. The predicted molar refractivity (Wildman–Crippen MR) is 85.0 cm³/mol. The zero-order valence-corrected chi connectivity index (χ0v) is 12.8. The third-order valence-electron chi connectivity index (χ3n) is 2.90. The van der Waals surface area contributed by atoms with E-state index < -0.39 is 0 Å². The Balaban J connectivity index is 2.15. The molecule has 0 aliphatic heterocycles. The molecule has 0 aliphatic carbocycles. The summed E-state index contributed by atoms with van der Waals surface area (Å²) in [4.78, 5) is 12.1. The third-order valence-corrected chi connectivity index (χ3v) is 3.48. The number of hydrogen-bond acceptors (Lipinski definition) is 3. The number of nitrogen functional groups attached to an aromatic ring is 1. The highest BCUT2D eigenvalue weighted by molar-refractivity contribution is 6.31. The molecule has 0 bridgehead atoms. The maximum absolute atomic E-state index is 12.1. The highest BCUT2D eigenvalue weighted by atomic mass is 35.5. The molecule has 2 rings (SSSR count). The molecule has 0 atom stereocenters. The second-order valence-electron chi connectivity index (χ2n) is 4.38. The van der Waals surface area contributed by atoms with Gasteiger partial charge in [0.05, 0.1) is 7.11 Å². The van der Waals surface area contributed by atoms with E-state index in [1.54, 1.807) is 43.5 Å². The van der Waals surface area contributed by atoms with Gasteiger partial charge in [0.25, 0.3) is 5.91 Å². The standard InChI is InChI=1S/C15H14Cl2N2O2/c1-21-14-4-2-3-13(17)12(14)8-19-15(20)9-5-10(16)7-11(18)6-9/h2-7H,8,18H2,1H3,(H,19,20). The predicted octanol–water partition coefficient (Wildman–Crippen LogP) is 3.51. The van der Waals surface area contributed by atoms with Crippen molar-refractivity contribution < 1.29 is 9.53 Å². The van der Waals surface area contributed by atoms with E-state index in [4.69, 9.17) is 33.7 Å². The second kappa shape index (κ2) is 6.70. The molecule has 0 heterocycles. The van der Waals surface area contributed by atoms with Crippen LogP contribution in [0.5, 0.6) is 5.75 Å². The Morgan fingerprint density at radius 1 is 1.29 bits per heavy atom. The number of nitrogens with two attached hydrogens (primary N) is 1. The van der Waals surface area contributed by atoms with Gasteiger partial charge in [0, 0.05) is 33.4 Å². The molecular weight excluding hydrogens is 311 g/mol. The van der Waals surface area contributed by atoms with Crippen molar-refractivity contribution in [2.45, 2.75) is 6.54 Å². The summed E-state index contributed by atoms with van der Waals surface area (Å²) in [6.07, 6.45) is 0. The molecule has 0 unspecified atom stereocenters. The highest BCUT2D eigenvalue weighted by Gasteiger charge is 2.11. The van der Waals surface area contributed by atoms with Gasteiger partial charge in [-0.3, -0.25) is 4.79 Å². The number of carbonyl (C=O) groups excluding carboxylic acids is 1. The van der Waals surface area contributed by atoms with E-state index >= 15 is 0 Å². The minimum atomic E-state index is -0.286. The van der Waals surface area contributed by atoms with Crippen molar-refractivity contribution >= 4 is 34.8 Å². The van der Waals surface area contributed by atoms with Gasteiger partial charge in [-0.1, -0.05) is 29.3 Å². The lowest BCUT2D eigenvalue weighted by Crippen LogP contribution is -2.23. The van der Waals surface area contributed by atoms with Crippen LogP contribution in [0.1, 0.15) is 15.9 Å². The van der Waals surface area contributed by atoms with Gasteiger partial charge in [-0.05, 0) is 30.3 Å². The van der Waals surface area contributed by atoms with Crippen LogP contribution in [0.15, 0.2) is 36.4 Å². The molecule has 1 amide bonds. The minimum Gasteiger partial charge on any atom is -0.496 e. The Labute approximate surface area is 132 Å². The smallest absolute Gasteiger partial charge is 0.251 e. The molecule has 0 saturated carbocycles. The minimum absolute atomic E-state index is 0.244. The summed E-state index contributed by atoms with van der Waals surface area (Å²) < 4.78 is 5.23. The third kappa shape index (κ3) is 3.80. The van der Waals surface area contributed by atoms with Crippen LogP contribution in [-0.2, 0) is 6.54 Å². The summed E-state index contributed by atoms with van der Waals surface area (Å²) in [5.41, 5.74) is 7.21. The van der Waals surface area contributed by atoms with Crippen molar-refractivity contribution in [3.63, 3.8) is 0 Å². The number of anilines is 1. The molecule has 0 fully saturated rings. The molecule has 21 heavy (non-hydrogen) atoms. The summed E-state index contributed by atoms with van der Waals surface area (Å²) in [6, 6.07) is 10.00. The maximum Gasteiger partial charge on any atom is 0.251 e. The number of benzene rings is 2. The Bertz CT molecular complexity index is 654. The first kappa shape index (κ1) is 15.5. The first-order valence-electron chi connectivity index (χ1n) is 6.17. The van der Waals surface area contributed by atoms with Crippen molar-refractivity contribution in [2.24, 2.45) is 0 Å². The molecule has 110 valence electrons. The molecule has 0 radical (unpaired) electrons. The van der Waals surface area contributed by atoms with Crippen LogP contribution in [0.2, 0.25) is 10.0 Å². The largest absolute Gasteiger partial charge is 0.496 e. The number of halogens is 2. The van der Waals surface area contributed by atoms with Gasteiger partial charge in [-0.25, -0.2) is 0 Å². The van der Waals surface area contributed by atoms with Crippen molar-refractivity contribution in [1.29, 1.82) is 0 Å². The lowest BCUT2D eigenvalue weighted by Gasteiger charge is -2.11. The SMILES string of the molecule is COc1cccc(Cl)c1CNC(=O)c1cc(N)cc(Cl)c1. The Morgan fingerprint density at radius 2 is 2.05 bits per heavy atom. The van der Waals surface area contributed by atoms with Crippen LogP contribution in [0, 0.1) is 0 Å². The summed E-state index contributed by atoms with van der Waals surface area (Å²) >= 11 is 12.0. The van der Waals surface area contributed by atoms with E-state index in [2.05, 4.69) is 5.32 Å². The number of nitrogens with one attached hydrogen (secondary N) is 1. The summed E-state index contributed by atoms with van der Waals surface area (Å²) in [7, 11) is 1.55. The fourth-order valence-corrected chi connectivity index (χ4v) is 2.39. The summed E-state index contributed by atoms with van der Waals surface area (Å²) in [5.74, 6) is 0.333. The molecule has 0 aliphatic rings.